The zero-order valence-electron chi connectivity index (χ0n) is 14.9. The molecule has 1 saturated carbocycles. The van der Waals surface area contributed by atoms with Crippen molar-refractivity contribution in [3.63, 3.8) is 0 Å². The number of methoxy groups -OCH3 is 1. The summed E-state index contributed by atoms with van der Waals surface area (Å²) < 4.78 is 5.72. The van der Waals surface area contributed by atoms with Crippen molar-refractivity contribution in [2.45, 2.75) is 57.3 Å². The van der Waals surface area contributed by atoms with Crippen molar-refractivity contribution < 1.29 is 4.74 Å². The van der Waals surface area contributed by atoms with E-state index in [0.717, 1.165) is 25.9 Å². The zero-order valence-corrected chi connectivity index (χ0v) is 14.9. The topological polar surface area (TPSA) is 12.5 Å². The molecule has 3 rings (SSSR count). The lowest BCUT2D eigenvalue weighted by atomic mass is 9.82. The van der Waals surface area contributed by atoms with Crippen molar-refractivity contribution >= 4 is 0 Å². The minimum atomic E-state index is 0.0711. The highest BCUT2D eigenvalue weighted by molar-refractivity contribution is 5.17. The fourth-order valence-electron chi connectivity index (χ4n) is 3.73. The molecule has 24 heavy (non-hydrogen) atoms. The summed E-state index contributed by atoms with van der Waals surface area (Å²) >= 11 is 0. The van der Waals surface area contributed by atoms with Gasteiger partial charge in [-0.3, -0.25) is 4.90 Å². The van der Waals surface area contributed by atoms with Gasteiger partial charge in [-0.25, -0.2) is 0 Å². The summed E-state index contributed by atoms with van der Waals surface area (Å²) in [6.07, 6.45) is 4.72. The number of rotatable bonds is 6. The normalized spacial score (nSPS) is 24.2. The third-order valence-corrected chi connectivity index (χ3v) is 5.48. The second-order valence-electron chi connectivity index (χ2n) is 7.26. The molecule has 2 aromatic carbocycles. The largest absolute Gasteiger partial charge is 0.379 e. The molecule has 2 nitrogen and oxygen atoms in total. The van der Waals surface area contributed by atoms with Crippen molar-refractivity contribution in [3.8, 4) is 0 Å². The van der Waals surface area contributed by atoms with Crippen LogP contribution < -0.4 is 0 Å². The van der Waals surface area contributed by atoms with Crippen molar-refractivity contribution in [2.75, 3.05) is 7.11 Å². The monoisotopic (exact) mass is 323 g/mol. The highest BCUT2D eigenvalue weighted by atomic mass is 16.5. The summed E-state index contributed by atoms with van der Waals surface area (Å²) in [6.45, 7) is 4.29. The molecule has 0 amide bonds. The van der Waals surface area contributed by atoms with Gasteiger partial charge >= 0.3 is 0 Å². The Morgan fingerprint density at radius 2 is 1.33 bits per heavy atom. The first-order valence-corrected chi connectivity index (χ1v) is 9.06. The number of ether oxygens (including phenoxy) is 1. The molecule has 1 aliphatic rings. The van der Waals surface area contributed by atoms with Gasteiger partial charge in [-0.2, -0.15) is 0 Å². The summed E-state index contributed by atoms with van der Waals surface area (Å²) in [7, 11) is 1.85. The van der Waals surface area contributed by atoms with Gasteiger partial charge in [0, 0.05) is 26.2 Å². The van der Waals surface area contributed by atoms with Crippen molar-refractivity contribution in [3.05, 3.63) is 71.8 Å². The predicted octanol–water partition coefficient (Wildman–Crippen LogP) is 5.04. The average Bonchev–Trinajstić information content (AvgIpc) is 2.64. The van der Waals surface area contributed by atoms with Crippen LogP contribution >= 0.6 is 0 Å². The first kappa shape index (κ1) is 17.2. The zero-order chi connectivity index (χ0) is 16.8. The first-order chi connectivity index (χ1) is 11.7. The van der Waals surface area contributed by atoms with Gasteiger partial charge in [0.2, 0.25) is 0 Å². The first-order valence-electron chi connectivity index (χ1n) is 9.06. The van der Waals surface area contributed by atoms with E-state index in [1.54, 1.807) is 0 Å². The maximum atomic E-state index is 5.72. The summed E-state index contributed by atoms with van der Waals surface area (Å²) in [4.78, 5) is 2.65. The van der Waals surface area contributed by atoms with Gasteiger partial charge in [-0.1, -0.05) is 60.7 Å². The van der Waals surface area contributed by atoms with Gasteiger partial charge in [0.25, 0.3) is 0 Å². The van der Waals surface area contributed by atoms with E-state index < -0.39 is 0 Å². The van der Waals surface area contributed by atoms with Crippen molar-refractivity contribution in [1.82, 2.24) is 4.90 Å². The molecule has 2 heteroatoms. The number of benzene rings is 2. The highest BCUT2D eigenvalue weighted by Gasteiger charge is 2.33. The Morgan fingerprint density at radius 1 is 0.875 bits per heavy atom. The van der Waals surface area contributed by atoms with Crippen LogP contribution in [0.3, 0.4) is 0 Å². The van der Waals surface area contributed by atoms with E-state index in [-0.39, 0.29) is 5.60 Å². The Kier molecular flexibility index (Phi) is 5.70. The Hall–Kier alpha value is -1.64. The number of hydrogen-bond acceptors (Lipinski definition) is 2. The average molecular weight is 323 g/mol. The van der Waals surface area contributed by atoms with Gasteiger partial charge in [0.05, 0.1) is 5.60 Å². The minimum Gasteiger partial charge on any atom is -0.379 e. The molecule has 0 saturated heterocycles. The fraction of sp³-hybridized carbons (Fsp3) is 0.455. The molecule has 0 bridgehead atoms. The van der Waals surface area contributed by atoms with Crippen LogP contribution in [-0.4, -0.2) is 23.7 Å². The lowest BCUT2D eigenvalue weighted by Gasteiger charge is -2.41. The van der Waals surface area contributed by atoms with Crippen LogP contribution in [-0.2, 0) is 17.8 Å². The van der Waals surface area contributed by atoms with E-state index in [9.17, 15) is 0 Å². The summed E-state index contributed by atoms with van der Waals surface area (Å²) in [5.41, 5.74) is 2.86. The van der Waals surface area contributed by atoms with E-state index in [1.807, 2.05) is 7.11 Å². The number of hydrogen-bond donors (Lipinski definition) is 0. The Bertz CT molecular complexity index is 561. The summed E-state index contributed by atoms with van der Waals surface area (Å²) in [6, 6.07) is 22.3. The lowest BCUT2D eigenvalue weighted by molar-refractivity contribution is -0.0435. The molecule has 0 spiro atoms. The van der Waals surface area contributed by atoms with Crippen LogP contribution in [0.25, 0.3) is 0 Å². The fourth-order valence-corrected chi connectivity index (χ4v) is 3.73. The molecule has 0 N–H and O–H groups in total. The van der Waals surface area contributed by atoms with Gasteiger partial charge in [-0.15, -0.1) is 0 Å². The Balaban J connectivity index is 1.72. The van der Waals surface area contributed by atoms with Crippen LogP contribution in [0.2, 0.25) is 0 Å². The Labute approximate surface area is 146 Å². The highest BCUT2D eigenvalue weighted by Crippen LogP contribution is 2.34. The smallest absolute Gasteiger partial charge is 0.0652 e. The van der Waals surface area contributed by atoms with Gasteiger partial charge in [-0.05, 0) is 43.7 Å². The predicted molar refractivity (Wildman–Crippen MR) is 99.8 cm³/mol. The molecule has 0 unspecified atom stereocenters. The van der Waals surface area contributed by atoms with E-state index >= 15 is 0 Å². The molecule has 0 heterocycles. The molecular formula is C22H29NO. The number of nitrogens with zero attached hydrogens (tertiary/aromatic N) is 1. The van der Waals surface area contributed by atoms with Gasteiger partial charge < -0.3 is 4.74 Å². The van der Waals surface area contributed by atoms with E-state index in [0.29, 0.717) is 6.04 Å². The van der Waals surface area contributed by atoms with Crippen LogP contribution in [0.5, 0.6) is 0 Å². The molecule has 0 aromatic heterocycles. The molecule has 0 aliphatic heterocycles. The summed E-state index contributed by atoms with van der Waals surface area (Å²) in [5.74, 6) is 0. The van der Waals surface area contributed by atoms with Crippen LogP contribution in [0.4, 0.5) is 0 Å². The van der Waals surface area contributed by atoms with Crippen LogP contribution in [0.15, 0.2) is 60.7 Å². The summed E-state index contributed by atoms with van der Waals surface area (Å²) in [5, 5.41) is 0. The maximum absolute atomic E-state index is 5.72. The van der Waals surface area contributed by atoms with Crippen molar-refractivity contribution in [1.29, 1.82) is 0 Å². The van der Waals surface area contributed by atoms with Crippen LogP contribution in [0, 0.1) is 0 Å². The maximum Gasteiger partial charge on any atom is 0.0652 e. The van der Waals surface area contributed by atoms with Gasteiger partial charge in [0.15, 0.2) is 0 Å². The molecular weight excluding hydrogens is 294 g/mol. The Morgan fingerprint density at radius 3 is 1.75 bits per heavy atom. The minimum absolute atomic E-state index is 0.0711. The van der Waals surface area contributed by atoms with E-state index in [4.69, 9.17) is 4.74 Å². The third kappa shape index (κ3) is 4.46. The van der Waals surface area contributed by atoms with Crippen LogP contribution in [0.1, 0.15) is 43.7 Å². The molecule has 0 radical (unpaired) electrons. The molecule has 128 valence electrons. The SMILES string of the molecule is COC1(C)CCC(N(Cc2ccccc2)Cc2ccccc2)CC1. The lowest BCUT2D eigenvalue weighted by Crippen LogP contribution is -2.42. The molecule has 0 atom stereocenters. The second kappa shape index (κ2) is 7.96. The third-order valence-electron chi connectivity index (χ3n) is 5.48. The van der Waals surface area contributed by atoms with Crippen molar-refractivity contribution in [2.24, 2.45) is 0 Å². The molecule has 1 fully saturated rings. The van der Waals surface area contributed by atoms with E-state index in [1.165, 1.54) is 24.0 Å². The van der Waals surface area contributed by atoms with E-state index in [2.05, 4.69) is 72.5 Å². The quantitative estimate of drug-likeness (QED) is 0.738. The molecule has 1 aliphatic carbocycles. The molecule has 2 aromatic rings. The van der Waals surface area contributed by atoms with Gasteiger partial charge in [0.1, 0.15) is 0 Å². The standard InChI is InChI=1S/C22H29NO/c1-22(24-2)15-13-21(14-16-22)23(17-19-9-5-3-6-10-19)18-20-11-7-4-8-12-20/h3-12,21H,13-18H2,1-2H3. The second-order valence-corrected chi connectivity index (χ2v) is 7.26.